The Bertz CT molecular complexity index is 1960. The Hall–Kier alpha value is -4.49. The first-order valence-corrected chi connectivity index (χ1v) is 19.8. The fourth-order valence-corrected chi connectivity index (χ4v) is 7.81. The van der Waals surface area contributed by atoms with Gasteiger partial charge in [0.2, 0.25) is 0 Å². The Labute approximate surface area is 298 Å². The van der Waals surface area contributed by atoms with Crippen LogP contribution in [0.2, 0.25) is 18.1 Å². The first-order chi connectivity index (χ1) is 24.2. The molecule has 0 bridgehead atoms. The molecule has 1 aliphatic rings. The Morgan fingerprint density at radius 3 is 2.06 bits per heavy atom. The topological polar surface area (TPSA) is 104 Å². The van der Waals surface area contributed by atoms with Crippen molar-refractivity contribution >= 4 is 25.3 Å². The number of aliphatic hydroxyl groups excluding tert-OH is 1. The summed E-state index contributed by atoms with van der Waals surface area (Å²) in [4.78, 5) is 12.9. The lowest BCUT2D eigenvalue weighted by Crippen LogP contribution is -2.55. The third-order valence-electron chi connectivity index (χ3n) is 10.4. The van der Waals surface area contributed by atoms with E-state index >= 15 is 8.78 Å². The van der Waals surface area contributed by atoms with E-state index in [1.807, 2.05) is 98.0 Å². The number of aromatic nitrogens is 4. The minimum Gasteiger partial charge on any atom is -0.497 e. The van der Waals surface area contributed by atoms with Gasteiger partial charge in [0.25, 0.3) is 0 Å². The van der Waals surface area contributed by atoms with E-state index < -0.39 is 50.6 Å². The van der Waals surface area contributed by atoms with Gasteiger partial charge in [-0.3, -0.25) is 4.57 Å². The molecular formula is C39H45F2N5O4Si. The molecule has 0 amide bonds. The van der Waals surface area contributed by atoms with Crippen LogP contribution in [-0.4, -0.2) is 64.5 Å². The zero-order valence-electron chi connectivity index (χ0n) is 30.0. The minimum atomic E-state index is -2.58. The zero-order chi connectivity index (χ0) is 36.8. The predicted octanol–water partition coefficient (Wildman–Crippen LogP) is 7.94. The highest BCUT2D eigenvalue weighted by atomic mass is 28.4. The molecule has 0 spiro atoms. The van der Waals surface area contributed by atoms with Gasteiger partial charge in [-0.25, -0.2) is 9.37 Å². The van der Waals surface area contributed by atoms with E-state index in [4.69, 9.17) is 13.9 Å². The molecule has 9 nitrogen and oxygen atoms in total. The van der Waals surface area contributed by atoms with Gasteiger partial charge in [0.1, 0.15) is 23.0 Å². The monoisotopic (exact) mass is 713 g/mol. The van der Waals surface area contributed by atoms with E-state index in [2.05, 4.69) is 47.6 Å². The van der Waals surface area contributed by atoms with Gasteiger partial charge in [0, 0.05) is 0 Å². The van der Waals surface area contributed by atoms with E-state index in [0.29, 0.717) is 11.3 Å². The highest BCUT2D eigenvalue weighted by Crippen LogP contribution is 2.49. The molecule has 51 heavy (non-hydrogen) atoms. The van der Waals surface area contributed by atoms with Crippen molar-refractivity contribution < 1.29 is 27.8 Å². The molecule has 2 N–H and O–H groups in total. The number of nitrogens with zero attached hydrogens (tertiary/aromatic N) is 4. The summed E-state index contributed by atoms with van der Waals surface area (Å²) in [7, 11) is -0.977. The van der Waals surface area contributed by atoms with E-state index in [1.54, 1.807) is 14.0 Å². The van der Waals surface area contributed by atoms with Crippen molar-refractivity contribution in [2.45, 2.75) is 75.5 Å². The average Bonchev–Trinajstić information content (AvgIpc) is 3.65. The number of alkyl halides is 1. The van der Waals surface area contributed by atoms with E-state index in [1.165, 1.54) is 10.9 Å². The largest absolute Gasteiger partial charge is 0.497 e. The molecule has 1 saturated heterocycles. The number of methoxy groups -OCH3 is 1. The van der Waals surface area contributed by atoms with Crippen LogP contribution < -0.4 is 10.1 Å². The molecule has 268 valence electrons. The van der Waals surface area contributed by atoms with Crippen LogP contribution in [0.25, 0.3) is 11.2 Å². The fourth-order valence-electron chi connectivity index (χ4n) is 6.50. The summed E-state index contributed by atoms with van der Waals surface area (Å²) in [5.74, 6) is 0.750. The second-order valence-corrected chi connectivity index (χ2v) is 19.3. The number of imidazole rings is 1. The number of aliphatic hydroxyl groups is 1. The zero-order valence-corrected chi connectivity index (χ0v) is 31.0. The average molecular weight is 714 g/mol. The van der Waals surface area contributed by atoms with Gasteiger partial charge >= 0.3 is 6.08 Å². The van der Waals surface area contributed by atoms with Crippen molar-refractivity contribution in [1.82, 2.24) is 19.5 Å². The van der Waals surface area contributed by atoms with Crippen LogP contribution in [-0.2, 0) is 14.7 Å². The summed E-state index contributed by atoms with van der Waals surface area (Å²) in [6, 6.07) is 27.1. The van der Waals surface area contributed by atoms with Crippen molar-refractivity contribution in [1.29, 1.82) is 0 Å². The number of benzene rings is 3. The molecule has 12 heteroatoms. The molecule has 1 fully saturated rings. The lowest BCUT2D eigenvalue weighted by atomic mass is 9.77. The number of anilines is 1. The Balaban J connectivity index is 1.51. The summed E-state index contributed by atoms with van der Waals surface area (Å²) in [5.41, 5.74) is 0.433. The van der Waals surface area contributed by atoms with Gasteiger partial charge in [-0.05, 0) is 59.5 Å². The van der Waals surface area contributed by atoms with Crippen LogP contribution in [0.5, 0.6) is 5.75 Å². The van der Waals surface area contributed by atoms with Crippen LogP contribution in [0, 0.1) is 6.08 Å². The minimum absolute atomic E-state index is 0.00364. The maximum absolute atomic E-state index is 16.9. The molecule has 1 aliphatic heterocycles. The summed E-state index contributed by atoms with van der Waals surface area (Å²) in [5, 5.41) is 14.0. The SMILES string of the molecule is C=C(C)[C@]1(CO)O[C@@H](n2cnc3c(NC(c4ccccc4)(c4ccccc4)c4ccc(OC)cc4)nc(F)nc32)[C@@H](F)[C@@H]1O[Si](C)(C)C(C)(C)C. The Morgan fingerprint density at radius 1 is 0.980 bits per heavy atom. The first-order valence-electron chi connectivity index (χ1n) is 16.9. The molecule has 3 heterocycles. The van der Waals surface area contributed by atoms with Crippen LogP contribution >= 0.6 is 0 Å². The smallest absolute Gasteiger partial charge is 0.312 e. The third-order valence-corrected chi connectivity index (χ3v) is 14.9. The molecule has 5 aromatic rings. The highest BCUT2D eigenvalue weighted by Gasteiger charge is 2.60. The number of ether oxygens (including phenoxy) is 2. The van der Waals surface area contributed by atoms with Gasteiger partial charge in [-0.15, -0.1) is 0 Å². The molecule has 3 aromatic carbocycles. The summed E-state index contributed by atoms with van der Waals surface area (Å²) < 4.78 is 52.4. The maximum atomic E-state index is 16.9. The van der Waals surface area contributed by atoms with E-state index in [0.717, 1.165) is 16.7 Å². The number of halogens is 2. The Kier molecular flexibility index (Phi) is 9.66. The molecule has 0 radical (unpaired) electrons. The van der Waals surface area contributed by atoms with Gasteiger partial charge in [0.05, 0.1) is 20.0 Å². The van der Waals surface area contributed by atoms with Gasteiger partial charge in [0.15, 0.2) is 37.7 Å². The molecule has 4 atom stereocenters. The molecule has 0 aliphatic carbocycles. The van der Waals surface area contributed by atoms with Crippen LogP contribution in [0.15, 0.2) is 103 Å². The van der Waals surface area contributed by atoms with Gasteiger partial charge in [-0.1, -0.05) is 100 Å². The van der Waals surface area contributed by atoms with Crippen LogP contribution in [0.4, 0.5) is 14.6 Å². The predicted molar refractivity (Wildman–Crippen MR) is 196 cm³/mol. The quantitative estimate of drug-likeness (QED) is 0.0616. The van der Waals surface area contributed by atoms with Crippen molar-refractivity contribution in [2.75, 3.05) is 19.0 Å². The van der Waals surface area contributed by atoms with Crippen molar-refractivity contribution in [3.63, 3.8) is 0 Å². The lowest BCUT2D eigenvalue weighted by Gasteiger charge is -2.43. The van der Waals surface area contributed by atoms with Crippen molar-refractivity contribution in [2.24, 2.45) is 0 Å². The van der Waals surface area contributed by atoms with Crippen LogP contribution in [0.1, 0.15) is 50.6 Å². The van der Waals surface area contributed by atoms with Crippen molar-refractivity contribution in [3.8, 4) is 5.75 Å². The molecular weight excluding hydrogens is 669 g/mol. The number of hydrogen-bond acceptors (Lipinski definition) is 8. The highest BCUT2D eigenvalue weighted by molar-refractivity contribution is 6.74. The summed E-state index contributed by atoms with van der Waals surface area (Å²) >= 11 is 0. The number of rotatable bonds is 11. The second kappa shape index (κ2) is 13.6. The second-order valence-electron chi connectivity index (χ2n) is 14.6. The molecule has 2 aromatic heterocycles. The summed E-state index contributed by atoms with van der Waals surface area (Å²) in [6.45, 7) is 15.3. The number of nitrogens with one attached hydrogen (secondary N) is 1. The molecule has 0 saturated carbocycles. The Morgan fingerprint density at radius 2 is 1.55 bits per heavy atom. The maximum Gasteiger partial charge on any atom is 0.312 e. The van der Waals surface area contributed by atoms with E-state index in [-0.39, 0.29) is 22.0 Å². The van der Waals surface area contributed by atoms with E-state index in [9.17, 15) is 5.11 Å². The molecule has 6 rings (SSSR count). The van der Waals surface area contributed by atoms with Gasteiger partial charge < -0.3 is 24.3 Å². The third kappa shape index (κ3) is 6.24. The van der Waals surface area contributed by atoms with Gasteiger partial charge in [-0.2, -0.15) is 14.4 Å². The first kappa shape index (κ1) is 36.3. The standard InChI is InChI=1S/C39H45F2N5O4Si/c1-25(2)38(23-47)32(50-51(7,8)37(3,4)5)30(40)35(49-38)46-24-42-31-33(43-36(41)44-34(31)46)45-39(26-15-11-9-12-16-26,27-17-13-10-14-18-27)28-19-21-29(48-6)22-20-28/h9-22,24,30,32,35,47H,1,23H2,2-8H3,(H,43,44,45)/t30-,32-,35+,38-/m0/s1. The van der Waals surface area contributed by atoms with Crippen LogP contribution in [0.3, 0.4) is 0 Å². The number of hydrogen-bond donors (Lipinski definition) is 2. The fraction of sp³-hybridized carbons (Fsp3) is 0.359. The van der Waals surface area contributed by atoms with Crippen molar-refractivity contribution in [3.05, 3.63) is 126 Å². The number of fused-ring (bicyclic) bond motifs is 1. The summed E-state index contributed by atoms with van der Waals surface area (Å²) in [6.07, 6.45) is -4.04. The normalized spacial score (nSPS) is 21.2. The molecule has 0 unspecified atom stereocenters. The lowest BCUT2D eigenvalue weighted by molar-refractivity contribution is -0.101.